The summed E-state index contributed by atoms with van der Waals surface area (Å²) >= 11 is 0. The Balaban J connectivity index is 2.59. The van der Waals surface area contributed by atoms with Gasteiger partial charge < -0.3 is 14.7 Å². The SMILES string of the molecule is CCC(C)OCC(=O)N(CCCC(=O)O)Cc1ccccc1. The van der Waals surface area contributed by atoms with Gasteiger partial charge in [0.2, 0.25) is 5.91 Å². The quantitative estimate of drug-likeness (QED) is 0.721. The Kier molecular flexibility index (Phi) is 8.22. The first-order valence-corrected chi connectivity index (χ1v) is 7.68. The molecule has 1 N–H and O–H groups in total. The van der Waals surface area contributed by atoms with Crippen LogP contribution in [-0.2, 0) is 20.9 Å². The standard InChI is InChI=1S/C17H25NO4/c1-3-14(2)22-13-16(19)18(11-7-10-17(20)21)12-15-8-5-4-6-9-15/h4-6,8-9,14H,3,7,10-13H2,1-2H3,(H,20,21). The van der Waals surface area contributed by atoms with Crippen molar-refractivity contribution in [2.75, 3.05) is 13.2 Å². The fourth-order valence-corrected chi connectivity index (χ4v) is 1.94. The van der Waals surface area contributed by atoms with Gasteiger partial charge in [0.05, 0.1) is 6.10 Å². The predicted octanol–water partition coefficient (Wildman–Crippen LogP) is 2.70. The zero-order chi connectivity index (χ0) is 16.4. The average Bonchev–Trinajstić information content (AvgIpc) is 2.52. The molecule has 0 saturated heterocycles. The second-order valence-electron chi connectivity index (χ2n) is 5.33. The molecule has 0 aliphatic heterocycles. The molecule has 22 heavy (non-hydrogen) atoms. The van der Waals surface area contributed by atoms with E-state index in [0.717, 1.165) is 12.0 Å². The Morgan fingerprint density at radius 3 is 2.55 bits per heavy atom. The first-order valence-electron chi connectivity index (χ1n) is 7.68. The summed E-state index contributed by atoms with van der Waals surface area (Å²) in [5.74, 6) is -0.947. The molecule has 0 aliphatic rings. The van der Waals surface area contributed by atoms with Crippen molar-refractivity contribution in [2.24, 2.45) is 0 Å². The third-order valence-corrected chi connectivity index (χ3v) is 3.45. The van der Waals surface area contributed by atoms with E-state index >= 15 is 0 Å². The number of aliphatic carboxylic acids is 1. The van der Waals surface area contributed by atoms with Crippen molar-refractivity contribution in [3.63, 3.8) is 0 Å². The highest BCUT2D eigenvalue weighted by Crippen LogP contribution is 2.08. The van der Waals surface area contributed by atoms with Crippen molar-refractivity contribution >= 4 is 11.9 Å². The molecule has 1 amide bonds. The Bertz CT molecular complexity index is 461. The van der Waals surface area contributed by atoms with Crippen LogP contribution in [0, 0.1) is 0 Å². The van der Waals surface area contributed by atoms with E-state index < -0.39 is 5.97 Å². The van der Waals surface area contributed by atoms with Crippen molar-refractivity contribution < 1.29 is 19.4 Å². The minimum Gasteiger partial charge on any atom is -0.481 e. The maximum Gasteiger partial charge on any atom is 0.303 e. The van der Waals surface area contributed by atoms with E-state index in [1.165, 1.54) is 0 Å². The van der Waals surface area contributed by atoms with Gasteiger partial charge in [-0.15, -0.1) is 0 Å². The number of carboxylic acid groups (broad SMARTS) is 1. The fourth-order valence-electron chi connectivity index (χ4n) is 1.94. The summed E-state index contributed by atoms with van der Waals surface area (Å²) in [6.07, 6.45) is 1.40. The van der Waals surface area contributed by atoms with E-state index in [1.54, 1.807) is 4.90 Å². The highest BCUT2D eigenvalue weighted by atomic mass is 16.5. The lowest BCUT2D eigenvalue weighted by Gasteiger charge is -2.23. The lowest BCUT2D eigenvalue weighted by Crippen LogP contribution is -2.35. The number of benzene rings is 1. The van der Waals surface area contributed by atoms with Crippen LogP contribution in [0.4, 0.5) is 0 Å². The molecule has 5 heteroatoms. The normalized spacial score (nSPS) is 11.9. The van der Waals surface area contributed by atoms with Gasteiger partial charge in [-0.25, -0.2) is 0 Å². The van der Waals surface area contributed by atoms with E-state index in [2.05, 4.69) is 0 Å². The number of amides is 1. The summed E-state index contributed by atoms with van der Waals surface area (Å²) in [5.41, 5.74) is 1.02. The van der Waals surface area contributed by atoms with Crippen LogP contribution in [0.1, 0.15) is 38.7 Å². The zero-order valence-corrected chi connectivity index (χ0v) is 13.3. The van der Waals surface area contributed by atoms with Gasteiger partial charge in [0.25, 0.3) is 0 Å². The number of nitrogens with zero attached hydrogens (tertiary/aromatic N) is 1. The van der Waals surface area contributed by atoms with Crippen LogP contribution in [-0.4, -0.2) is 41.1 Å². The van der Waals surface area contributed by atoms with Crippen LogP contribution in [0.3, 0.4) is 0 Å². The maximum atomic E-state index is 12.3. The van der Waals surface area contributed by atoms with Crippen molar-refractivity contribution in [1.82, 2.24) is 4.90 Å². The summed E-state index contributed by atoms with van der Waals surface area (Å²) in [6.45, 7) is 4.87. The first-order chi connectivity index (χ1) is 10.5. The number of hydrogen-bond acceptors (Lipinski definition) is 3. The lowest BCUT2D eigenvalue weighted by atomic mass is 10.2. The Morgan fingerprint density at radius 1 is 1.27 bits per heavy atom. The summed E-state index contributed by atoms with van der Waals surface area (Å²) in [5, 5.41) is 8.73. The molecule has 0 bridgehead atoms. The van der Waals surface area contributed by atoms with E-state index in [0.29, 0.717) is 19.5 Å². The number of carbonyl (C=O) groups is 2. The van der Waals surface area contributed by atoms with Crippen LogP contribution < -0.4 is 0 Å². The Labute approximate surface area is 131 Å². The summed E-state index contributed by atoms with van der Waals surface area (Å²) < 4.78 is 5.49. The summed E-state index contributed by atoms with van der Waals surface area (Å²) in [7, 11) is 0. The average molecular weight is 307 g/mol. The summed E-state index contributed by atoms with van der Waals surface area (Å²) in [4.78, 5) is 24.6. The van der Waals surface area contributed by atoms with E-state index in [9.17, 15) is 9.59 Å². The van der Waals surface area contributed by atoms with Gasteiger partial charge >= 0.3 is 5.97 Å². The van der Waals surface area contributed by atoms with Crippen molar-refractivity contribution in [1.29, 1.82) is 0 Å². The van der Waals surface area contributed by atoms with Gasteiger partial charge in [0, 0.05) is 19.5 Å². The highest BCUT2D eigenvalue weighted by molar-refractivity contribution is 5.77. The van der Waals surface area contributed by atoms with Crippen LogP contribution in [0.2, 0.25) is 0 Å². The van der Waals surface area contributed by atoms with Crippen LogP contribution in [0.15, 0.2) is 30.3 Å². The zero-order valence-electron chi connectivity index (χ0n) is 13.3. The molecule has 122 valence electrons. The number of hydrogen-bond donors (Lipinski definition) is 1. The third kappa shape index (κ3) is 7.22. The molecule has 1 aromatic rings. The Morgan fingerprint density at radius 2 is 1.95 bits per heavy atom. The molecule has 0 aliphatic carbocycles. The minimum absolute atomic E-state index is 0.0366. The molecular formula is C17H25NO4. The monoisotopic (exact) mass is 307 g/mol. The molecule has 1 unspecified atom stereocenters. The number of carboxylic acids is 1. The third-order valence-electron chi connectivity index (χ3n) is 3.45. The van der Waals surface area contributed by atoms with Crippen LogP contribution in [0.25, 0.3) is 0 Å². The Hall–Kier alpha value is -1.88. The van der Waals surface area contributed by atoms with Gasteiger partial charge in [-0.1, -0.05) is 37.3 Å². The molecule has 0 spiro atoms. The molecule has 0 radical (unpaired) electrons. The van der Waals surface area contributed by atoms with Gasteiger partial charge in [0.1, 0.15) is 6.61 Å². The largest absolute Gasteiger partial charge is 0.481 e. The lowest BCUT2D eigenvalue weighted by molar-refractivity contribution is -0.140. The highest BCUT2D eigenvalue weighted by Gasteiger charge is 2.15. The van der Waals surface area contributed by atoms with Gasteiger partial charge in [-0.05, 0) is 25.3 Å². The molecular weight excluding hydrogens is 282 g/mol. The van der Waals surface area contributed by atoms with Crippen molar-refractivity contribution in [3.05, 3.63) is 35.9 Å². The summed E-state index contributed by atoms with van der Waals surface area (Å²) in [6, 6.07) is 9.67. The molecule has 0 aromatic heterocycles. The molecule has 0 fully saturated rings. The van der Waals surface area contributed by atoms with Crippen LogP contribution >= 0.6 is 0 Å². The van der Waals surface area contributed by atoms with E-state index in [4.69, 9.17) is 9.84 Å². The fraction of sp³-hybridized carbons (Fsp3) is 0.529. The maximum absolute atomic E-state index is 12.3. The van der Waals surface area contributed by atoms with E-state index in [1.807, 2.05) is 44.2 Å². The van der Waals surface area contributed by atoms with Crippen molar-refractivity contribution in [2.45, 2.75) is 45.8 Å². The van der Waals surface area contributed by atoms with Gasteiger partial charge in [-0.3, -0.25) is 9.59 Å². The molecule has 0 saturated carbocycles. The smallest absolute Gasteiger partial charge is 0.303 e. The molecule has 5 nitrogen and oxygen atoms in total. The molecule has 1 rings (SSSR count). The number of rotatable bonds is 10. The topological polar surface area (TPSA) is 66.8 Å². The minimum atomic E-state index is -0.844. The van der Waals surface area contributed by atoms with Gasteiger partial charge in [-0.2, -0.15) is 0 Å². The predicted molar refractivity (Wildman–Crippen MR) is 84.4 cm³/mol. The van der Waals surface area contributed by atoms with Gasteiger partial charge in [0.15, 0.2) is 0 Å². The second-order valence-corrected chi connectivity index (χ2v) is 5.33. The number of ether oxygens (including phenoxy) is 1. The number of carbonyl (C=O) groups excluding carboxylic acids is 1. The molecule has 1 aromatic carbocycles. The second kappa shape index (κ2) is 9.95. The molecule has 1 atom stereocenters. The first kappa shape index (κ1) is 18.2. The molecule has 0 heterocycles. The van der Waals surface area contributed by atoms with E-state index in [-0.39, 0.29) is 25.0 Å². The van der Waals surface area contributed by atoms with Crippen LogP contribution in [0.5, 0.6) is 0 Å². The van der Waals surface area contributed by atoms with Crippen molar-refractivity contribution in [3.8, 4) is 0 Å².